The standard InChI is InChI=1S/C22H24N6O2/c1-15-20(21(26-30-15)17-6-4-3-5-7-17)22-25-24-19(29-22)14-28-12-9-16(10-13-28)18-8-11-23-27(18)2/h3-8,11,16H,9-10,12-14H2,1-2H3. The Morgan fingerprint density at radius 3 is 2.60 bits per heavy atom. The van der Waals surface area contributed by atoms with E-state index in [1.807, 2.05) is 55.2 Å². The van der Waals surface area contributed by atoms with Crippen LogP contribution in [0, 0.1) is 6.92 Å². The summed E-state index contributed by atoms with van der Waals surface area (Å²) in [5.74, 6) is 2.29. The number of rotatable bonds is 5. The van der Waals surface area contributed by atoms with Gasteiger partial charge in [-0.1, -0.05) is 35.5 Å². The molecule has 1 fully saturated rings. The Bertz CT molecular complexity index is 1120. The largest absolute Gasteiger partial charge is 0.419 e. The van der Waals surface area contributed by atoms with Gasteiger partial charge in [0.15, 0.2) is 0 Å². The van der Waals surface area contributed by atoms with Gasteiger partial charge in [0, 0.05) is 30.4 Å². The first kappa shape index (κ1) is 18.7. The lowest BCUT2D eigenvalue weighted by Gasteiger charge is -2.30. The van der Waals surface area contributed by atoms with Crippen LogP contribution in [-0.4, -0.2) is 43.1 Å². The molecule has 0 amide bonds. The van der Waals surface area contributed by atoms with Gasteiger partial charge in [-0.25, -0.2) is 0 Å². The van der Waals surface area contributed by atoms with Gasteiger partial charge in [0.1, 0.15) is 17.0 Å². The summed E-state index contributed by atoms with van der Waals surface area (Å²) < 4.78 is 13.4. The van der Waals surface area contributed by atoms with E-state index >= 15 is 0 Å². The molecule has 1 saturated heterocycles. The van der Waals surface area contributed by atoms with Crippen molar-refractivity contribution in [3.63, 3.8) is 0 Å². The Labute approximate surface area is 174 Å². The van der Waals surface area contributed by atoms with E-state index in [2.05, 4.69) is 31.4 Å². The Morgan fingerprint density at radius 1 is 1.07 bits per heavy atom. The number of aryl methyl sites for hydroxylation is 2. The molecule has 4 heterocycles. The average molecular weight is 404 g/mol. The second-order valence-corrected chi connectivity index (χ2v) is 7.76. The molecule has 0 spiro atoms. The number of hydrogen-bond donors (Lipinski definition) is 0. The van der Waals surface area contributed by atoms with Crippen LogP contribution in [0.25, 0.3) is 22.7 Å². The molecule has 0 bridgehead atoms. The molecule has 0 unspecified atom stereocenters. The molecule has 154 valence electrons. The summed E-state index contributed by atoms with van der Waals surface area (Å²) in [6.45, 7) is 4.50. The number of benzene rings is 1. The van der Waals surface area contributed by atoms with Crippen molar-refractivity contribution in [2.45, 2.75) is 32.2 Å². The second-order valence-electron chi connectivity index (χ2n) is 7.76. The zero-order valence-corrected chi connectivity index (χ0v) is 17.2. The molecule has 3 aromatic heterocycles. The molecule has 8 nitrogen and oxygen atoms in total. The fourth-order valence-electron chi connectivity index (χ4n) is 4.20. The Kier molecular flexibility index (Phi) is 4.92. The van der Waals surface area contributed by atoms with Crippen molar-refractivity contribution in [1.82, 2.24) is 30.0 Å². The minimum Gasteiger partial charge on any atom is -0.419 e. The summed E-state index contributed by atoms with van der Waals surface area (Å²) in [5, 5.41) is 17.1. The molecule has 0 saturated carbocycles. The highest BCUT2D eigenvalue weighted by Crippen LogP contribution is 2.34. The predicted octanol–water partition coefficient (Wildman–Crippen LogP) is 3.81. The van der Waals surface area contributed by atoms with E-state index in [0.29, 0.717) is 30.0 Å². The molecule has 5 rings (SSSR count). The smallest absolute Gasteiger partial charge is 0.253 e. The molecule has 1 aliphatic rings. The van der Waals surface area contributed by atoms with Crippen molar-refractivity contribution in [2.24, 2.45) is 7.05 Å². The highest BCUT2D eigenvalue weighted by atomic mass is 16.5. The van der Waals surface area contributed by atoms with E-state index in [4.69, 9.17) is 8.94 Å². The molecular formula is C22H24N6O2. The van der Waals surface area contributed by atoms with E-state index in [-0.39, 0.29) is 0 Å². The molecule has 1 aliphatic heterocycles. The van der Waals surface area contributed by atoms with Crippen LogP contribution in [0.15, 0.2) is 51.5 Å². The van der Waals surface area contributed by atoms with Crippen molar-refractivity contribution in [1.29, 1.82) is 0 Å². The molecule has 0 radical (unpaired) electrons. The third-order valence-corrected chi connectivity index (χ3v) is 5.81. The maximum absolute atomic E-state index is 6.01. The zero-order valence-electron chi connectivity index (χ0n) is 17.2. The monoisotopic (exact) mass is 404 g/mol. The maximum atomic E-state index is 6.01. The van der Waals surface area contributed by atoms with Crippen molar-refractivity contribution in [2.75, 3.05) is 13.1 Å². The van der Waals surface area contributed by atoms with E-state index in [9.17, 15) is 0 Å². The average Bonchev–Trinajstić information content (AvgIpc) is 3.49. The van der Waals surface area contributed by atoms with Gasteiger partial charge in [0.25, 0.3) is 5.89 Å². The Hall–Kier alpha value is -3.26. The van der Waals surface area contributed by atoms with Gasteiger partial charge >= 0.3 is 0 Å². The van der Waals surface area contributed by atoms with E-state index in [0.717, 1.165) is 42.8 Å². The fraction of sp³-hybridized carbons (Fsp3) is 0.364. The van der Waals surface area contributed by atoms with Crippen LogP contribution in [-0.2, 0) is 13.6 Å². The van der Waals surface area contributed by atoms with E-state index in [1.54, 1.807) is 0 Å². The first-order valence-corrected chi connectivity index (χ1v) is 10.2. The van der Waals surface area contributed by atoms with Gasteiger partial charge in [-0.3, -0.25) is 9.58 Å². The van der Waals surface area contributed by atoms with Gasteiger partial charge < -0.3 is 8.94 Å². The minimum absolute atomic E-state index is 0.451. The maximum Gasteiger partial charge on any atom is 0.253 e. The third-order valence-electron chi connectivity index (χ3n) is 5.81. The van der Waals surface area contributed by atoms with E-state index in [1.165, 1.54) is 5.69 Å². The van der Waals surface area contributed by atoms with Gasteiger partial charge in [-0.2, -0.15) is 5.10 Å². The molecule has 8 heteroatoms. The normalized spacial score (nSPS) is 15.7. The summed E-state index contributed by atoms with van der Waals surface area (Å²) in [6.07, 6.45) is 4.07. The fourth-order valence-corrected chi connectivity index (χ4v) is 4.20. The summed E-state index contributed by atoms with van der Waals surface area (Å²) in [5.41, 5.74) is 3.75. The number of likely N-dealkylation sites (tertiary alicyclic amines) is 1. The van der Waals surface area contributed by atoms with Gasteiger partial charge in [-0.05, 0) is 38.9 Å². The lowest BCUT2D eigenvalue weighted by molar-refractivity contribution is 0.185. The van der Waals surface area contributed by atoms with Gasteiger partial charge in [0.2, 0.25) is 5.89 Å². The van der Waals surface area contributed by atoms with Crippen molar-refractivity contribution >= 4 is 0 Å². The third kappa shape index (κ3) is 3.54. The van der Waals surface area contributed by atoms with Crippen LogP contribution in [0.2, 0.25) is 0 Å². The molecule has 0 aliphatic carbocycles. The van der Waals surface area contributed by atoms with Crippen molar-refractivity contribution in [3.05, 3.63) is 59.9 Å². The summed E-state index contributed by atoms with van der Waals surface area (Å²) >= 11 is 0. The molecule has 1 aromatic carbocycles. The van der Waals surface area contributed by atoms with Crippen LogP contribution < -0.4 is 0 Å². The molecule has 0 atom stereocenters. The van der Waals surface area contributed by atoms with Crippen LogP contribution in [0.4, 0.5) is 0 Å². The lowest BCUT2D eigenvalue weighted by atomic mass is 9.93. The summed E-state index contributed by atoms with van der Waals surface area (Å²) in [4.78, 5) is 2.36. The first-order valence-electron chi connectivity index (χ1n) is 10.2. The van der Waals surface area contributed by atoms with Crippen molar-refractivity contribution < 1.29 is 8.94 Å². The topological polar surface area (TPSA) is 86.0 Å². The number of hydrogen-bond acceptors (Lipinski definition) is 7. The van der Waals surface area contributed by atoms with Crippen LogP contribution >= 0.6 is 0 Å². The quantitative estimate of drug-likeness (QED) is 0.500. The molecule has 30 heavy (non-hydrogen) atoms. The first-order chi connectivity index (χ1) is 14.7. The zero-order chi connectivity index (χ0) is 20.5. The van der Waals surface area contributed by atoms with Crippen LogP contribution in [0.3, 0.4) is 0 Å². The van der Waals surface area contributed by atoms with Crippen LogP contribution in [0.1, 0.15) is 36.1 Å². The second kappa shape index (κ2) is 7.87. The molecule has 0 N–H and O–H groups in total. The number of piperidine rings is 1. The molecular weight excluding hydrogens is 380 g/mol. The Morgan fingerprint density at radius 2 is 1.87 bits per heavy atom. The highest BCUT2D eigenvalue weighted by Gasteiger charge is 2.25. The Balaban J connectivity index is 1.29. The number of nitrogens with zero attached hydrogens (tertiary/aromatic N) is 6. The van der Waals surface area contributed by atoms with Crippen LogP contribution in [0.5, 0.6) is 0 Å². The van der Waals surface area contributed by atoms with Gasteiger partial charge in [0.05, 0.1) is 6.54 Å². The van der Waals surface area contributed by atoms with Gasteiger partial charge in [-0.15, -0.1) is 10.2 Å². The minimum atomic E-state index is 0.451. The predicted molar refractivity (Wildman–Crippen MR) is 110 cm³/mol. The summed E-state index contributed by atoms with van der Waals surface area (Å²) in [6, 6.07) is 12.0. The lowest BCUT2D eigenvalue weighted by Crippen LogP contribution is -2.33. The van der Waals surface area contributed by atoms with Crippen molar-refractivity contribution in [3.8, 4) is 22.7 Å². The number of aromatic nitrogens is 5. The highest BCUT2D eigenvalue weighted by molar-refractivity contribution is 5.77. The van der Waals surface area contributed by atoms with E-state index < -0.39 is 0 Å². The SMILES string of the molecule is Cc1onc(-c2ccccc2)c1-c1nnc(CN2CCC(c3ccnn3C)CC2)o1. The molecule has 4 aromatic rings. The summed E-state index contributed by atoms with van der Waals surface area (Å²) in [7, 11) is 2.01.